The van der Waals surface area contributed by atoms with Crippen LogP contribution in [0.25, 0.3) is 0 Å². The third-order valence-electron chi connectivity index (χ3n) is 2.09. The Hall–Kier alpha value is -1.36. The summed E-state index contributed by atoms with van der Waals surface area (Å²) in [5.41, 5.74) is 0.916. The van der Waals surface area contributed by atoms with Crippen LogP contribution < -0.4 is 10.6 Å². The maximum Gasteiger partial charge on any atom is 0.241 e. The Kier molecular flexibility index (Phi) is 2.02. The lowest BCUT2D eigenvalue weighted by Gasteiger charge is -2.22. The minimum absolute atomic E-state index is 0.0271. The van der Waals surface area contributed by atoms with E-state index in [1.54, 1.807) is 10.9 Å². The zero-order valence-corrected chi connectivity index (χ0v) is 7.45. The topological polar surface area (TPSA) is 59.0 Å². The predicted octanol–water partition coefficient (Wildman–Crippen LogP) is -0.819. The highest BCUT2D eigenvalue weighted by Crippen LogP contribution is 2.12. The normalized spacial score (nSPS) is 22.8. The van der Waals surface area contributed by atoms with E-state index in [0.717, 1.165) is 12.1 Å². The molecule has 1 aromatic heterocycles. The van der Waals surface area contributed by atoms with Crippen LogP contribution in [0.15, 0.2) is 12.4 Å². The van der Waals surface area contributed by atoms with Gasteiger partial charge in [-0.15, -0.1) is 0 Å². The fourth-order valence-electron chi connectivity index (χ4n) is 1.46. The van der Waals surface area contributed by atoms with Gasteiger partial charge in [-0.25, -0.2) is 0 Å². The van der Waals surface area contributed by atoms with Gasteiger partial charge in [-0.1, -0.05) is 0 Å². The van der Waals surface area contributed by atoms with E-state index < -0.39 is 0 Å². The van der Waals surface area contributed by atoms with Crippen molar-refractivity contribution in [2.75, 3.05) is 13.1 Å². The van der Waals surface area contributed by atoms with Crippen LogP contribution in [-0.2, 0) is 11.8 Å². The molecule has 1 aromatic rings. The number of carbonyl (C=O) groups is 1. The lowest BCUT2D eigenvalue weighted by Crippen LogP contribution is -2.47. The van der Waals surface area contributed by atoms with Gasteiger partial charge < -0.3 is 10.6 Å². The van der Waals surface area contributed by atoms with Gasteiger partial charge in [0.2, 0.25) is 5.91 Å². The van der Waals surface area contributed by atoms with Crippen LogP contribution in [0, 0.1) is 0 Å². The Morgan fingerprint density at radius 3 is 3.08 bits per heavy atom. The third-order valence-corrected chi connectivity index (χ3v) is 2.09. The number of aromatic nitrogens is 2. The summed E-state index contributed by atoms with van der Waals surface area (Å²) in [5.74, 6) is 0.0271. The number of carbonyl (C=O) groups excluding carboxylic acids is 1. The van der Waals surface area contributed by atoms with E-state index >= 15 is 0 Å². The molecular weight excluding hydrogens is 168 g/mol. The second-order valence-corrected chi connectivity index (χ2v) is 3.13. The molecule has 5 nitrogen and oxygen atoms in total. The Bertz CT molecular complexity index is 320. The SMILES string of the molecule is Cn1cc([C@@H]2NCCNC2=O)cn1. The summed E-state index contributed by atoms with van der Waals surface area (Å²) in [6.07, 6.45) is 3.56. The van der Waals surface area contributed by atoms with E-state index in [-0.39, 0.29) is 11.9 Å². The van der Waals surface area contributed by atoms with Gasteiger partial charge in [-0.3, -0.25) is 9.48 Å². The van der Waals surface area contributed by atoms with Crippen LogP contribution in [0.4, 0.5) is 0 Å². The van der Waals surface area contributed by atoms with Crippen molar-refractivity contribution in [2.24, 2.45) is 7.05 Å². The monoisotopic (exact) mass is 180 g/mol. The number of hydrogen-bond donors (Lipinski definition) is 2. The number of piperazine rings is 1. The van der Waals surface area contributed by atoms with Crippen LogP contribution in [0.3, 0.4) is 0 Å². The van der Waals surface area contributed by atoms with E-state index in [0.29, 0.717) is 6.54 Å². The molecule has 1 atom stereocenters. The van der Waals surface area contributed by atoms with Crippen molar-refractivity contribution in [3.63, 3.8) is 0 Å². The average molecular weight is 180 g/mol. The maximum absolute atomic E-state index is 11.4. The number of nitrogens with zero attached hydrogens (tertiary/aromatic N) is 2. The zero-order chi connectivity index (χ0) is 9.26. The molecule has 1 fully saturated rings. The Morgan fingerprint density at radius 1 is 1.62 bits per heavy atom. The van der Waals surface area contributed by atoms with Gasteiger partial charge in [0.05, 0.1) is 6.20 Å². The minimum atomic E-state index is -0.234. The van der Waals surface area contributed by atoms with Crippen molar-refractivity contribution in [1.29, 1.82) is 0 Å². The molecule has 2 heterocycles. The smallest absolute Gasteiger partial charge is 0.241 e. The van der Waals surface area contributed by atoms with Crippen molar-refractivity contribution in [2.45, 2.75) is 6.04 Å². The lowest BCUT2D eigenvalue weighted by molar-refractivity contribution is -0.124. The molecule has 0 aliphatic carbocycles. The Balaban J connectivity index is 2.19. The van der Waals surface area contributed by atoms with Crippen molar-refractivity contribution >= 4 is 5.91 Å². The molecule has 0 radical (unpaired) electrons. The predicted molar refractivity (Wildman–Crippen MR) is 47.0 cm³/mol. The average Bonchev–Trinajstić information content (AvgIpc) is 2.53. The molecule has 1 saturated heterocycles. The molecule has 0 aromatic carbocycles. The second kappa shape index (κ2) is 3.18. The molecule has 0 unspecified atom stereocenters. The van der Waals surface area contributed by atoms with Gasteiger partial charge in [0.1, 0.15) is 6.04 Å². The van der Waals surface area contributed by atoms with Crippen LogP contribution in [0.2, 0.25) is 0 Å². The van der Waals surface area contributed by atoms with Crippen molar-refractivity contribution in [3.05, 3.63) is 18.0 Å². The van der Waals surface area contributed by atoms with Gasteiger partial charge >= 0.3 is 0 Å². The van der Waals surface area contributed by atoms with Gasteiger partial charge in [0.15, 0.2) is 0 Å². The van der Waals surface area contributed by atoms with E-state index in [4.69, 9.17) is 0 Å². The standard InChI is InChI=1S/C8H12N4O/c1-12-5-6(4-11-12)7-8(13)10-3-2-9-7/h4-5,7,9H,2-3H2,1H3,(H,10,13)/t7-/m0/s1. The summed E-state index contributed by atoms with van der Waals surface area (Å²) in [6, 6.07) is -0.234. The van der Waals surface area contributed by atoms with Crippen LogP contribution in [0.1, 0.15) is 11.6 Å². The fourth-order valence-corrected chi connectivity index (χ4v) is 1.46. The zero-order valence-electron chi connectivity index (χ0n) is 7.45. The summed E-state index contributed by atoms with van der Waals surface area (Å²) >= 11 is 0. The second-order valence-electron chi connectivity index (χ2n) is 3.13. The van der Waals surface area contributed by atoms with Crippen LogP contribution >= 0.6 is 0 Å². The molecule has 13 heavy (non-hydrogen) atoms. The lowest BCUT2D eigenvalue weighted by atomic mass is 10.1. The third kappa shape index (κ3) is 1.55. The van der Waals surface area contributed by atoms with Gasteiger partial charge in [-0.05, 0) is 0 Å². The first-order valence-corrected chi connectivity index (χ1v) is 4.27. The summed E-state index contributed by atoms with van der Waals surface area (Å²) in [4.78, 5) is 11.4. The molecule has 0 saturated carbocycles. The molecule has 0 spiro atoms. The van der Waals surface area contributed by atoms with E-state index in [1.165, 1.54) is 0 Å². The van der Waals surface area contributed by atoms with E-state index in [2.05, 4.69) is 15.7 Å². The first-order valence-electron chi connectivity index (χ1n) is 4.27. The number of aryl methyl sites for hydroxylation is 1. The summed E-state index contributed by atoms with van der Waals surface area (Å²) in [7, 11) is 1.84. The maximum atomic E-state index is 11.4. The highest BCUT2D eigenvalue weighted by Gasteiger charge is 2.23. The first-order chi connectivity index (χ1) is 6.27. The number of amides is 1. The first kappa shape index (κ1) is 8.25. The highest BCUT2D eigenvalue weighted by molar-refractivity contribution is 5.83. The van der Waals surface area contributed by atoms with Gasteiger partial charge in [-0.2, -0.15) is 5.10 Å². The summed E-state index contributed by atoms with van der Waals surface area (Å²) in [5, 5.41) is 9.96. The largest absolute Gasteiger partial charge is 0.353 e. The van der Waals surface area contributed by atoms with Gasteiger partial charge in [0.25, 0.3) is 0 Å². The molecule has 1 amide bonds. The molecular formula is C8H12N4O. The minimum Gasteiger partial charge on any atom is -0.353 e. The van der Waals surface area contributed by atoms with E-state index in [1.807, 2.05) is 13.2 Å². The van der Waals surface area contributed by atoms with E-state index in [9.17, 15) is 4.79 Å². The summed E-state index contributed by atoms with van der Waals surface area (Å²) in [6.45, 7) is 1.51. The quantitative estimate of drug-likeness (QED) is 0.593. The molecule has 2 rings (SSSR count). The van der Waals surface area contributed by atoms with Gasteiger partial charge in [0, 0.05) is 31.9 Å². The number of hydrogen-bond acceptors (Lipinski definition) is 3. The number of rotatable bonds is 1. The molecule has 2 N–H and O–H groups in total. The summed E-state index contributed by atoms with van der Waals surface area (Å²) < 4.78 is 1.69. The molecule has 5 heteroatoms. The van der Waals surface area contributed by atoms with Crippen molar-refractivity contribution in [3.8, 4) is 0 Å². The van der Waals surface area contributed by atoms with Crippen LogP contribution in [0.5, 0.6) is 0 Å². The highest BCUT2D eigenvalue weighted by atomic mass is 16.2. The molecule has 1 aliphatic heterocycles. The molecule has 1 aliphatic rings. The number of nitrogens with one attached hydrogen (secondary N) is 2. The van der Waals surface area contributed by atoms with Crippen LogP contribution in [-0.4, -0.2) is 28.8 Å². The van der Waals surface area contributed by atoms with Crippen molar-refractivity contribution < 1.29 is 4.79 Å². The fraction of sp³-hybridized carbons (Fsp3) is 0.500. The molecule has 0 bridgehead atoms. The molecule has 70 valence electrons. The van der Waals surface area contributed by atoms with Crippen molar-refractivity contribution in [1.82, 2.24) is 20.4 Å². The Labute approximate surface area is 76.1 Å². The Morgan fingerprint density at radius 2 is 2.46 bits per heavy atom.